The van der Waals surface area contributed by atoms with Gasteiger partial charge in [0.1, 0.15) is 15.8 Å². The standard InChI is InChI=1S/C19H16BrNO4S2/c1-2-3-14(18(23)24)21-17(22)16(27-19(21)26)10-13-8-9-15(25-13)11-4-6-12(20)7-5-11/h4-10,14H,2-3H2,1H3,(H,23,24)/p-1. The molecule has 1 aromatic carbocycles. The first-order chi connectivity index (χ1) is 12.9. The molecule has 1 saturated heterocycles. The minimum Gasteiger partial charge on any atom is -0.548 e. The Hall–Kier alpha value is -1.90. The van der Waals surface area contributed by atoms with Crippen LogP contribution in [0.3, 0.4) is 0 Å². The van der Waals surface area contributed by atoms with Gasteiger partial charge in [-0.15, -0.1) is 0 Å². The second kappa shape index (κ2) is 8.41. The van der Waals surface area contributed by atoms with E-state index >= 15 is 0 Å². The van der Waals surface area contributed by atoms with E-state index < -0.39 is 17.9 Å². The molecule has 1 atom stereocenters. The third-order valence-corrected chi connectivity index (χ3v) is 5.86. The van der Waals surface area contributed by atoms with Crippen LogP contribution in [-0.4, -0.2) is 27.1 Å². The number of halogens is 1. The Labute approximate surface area is 174 Å². The number of carboxylic acid groups (broad SMARTS) is 1. The van der Waals surface area contributed by atoms with Crippen molar-refractivity contribution in [2.75, 3.05) is 0 Å². The summed E-state index contributed by atoms with van der Waals surface area (Å²) in [5.74, 6) is -0.573. The van der Waals surface area contributed by atoms with Crippen molar-refractivity contribution in [3.05, 3.63) is 51.5 Å². The highest BCUT2D eigenvalue weighted by Gasteiger charge is 2.37. The smallest absolute Gasteiger partial charge is 0.266 e. The molecule has 0 saturated carbocycles. The molecule has 0 aliphatic carbocycles. The van der Waals surface area contributed by atoms with Crippen molar-refractivity contribution in [3.63, 3.8) is 0 Å². The second-order valence-corrected chi connectivity index (χ2v) is 8.48. The van der Waals surface area contributed by atoms with Gasteiger partial charge in [-0.25, -0.2) is 0 Å². The molecular formula is C19H15BrNO4S2-. The minimum absolute atomic E-state index is 0.216. The van der Waals surface area contributed by atoms with Crippen LogP contribution in [0.4, 0.5) is 0 Å². The molecule has 1 aliphatic rings. The molecule has 1 aromatic heterocycles. The number of nitrogens with zero attached hydrogens (tertiary/aromatic N) is 1. The molecule has 3 rings (SSSR count). The molecule has 0 N–H and O–H groups in total. The van der Waals surface area contributed by atoms with Crippen LogP contribution >= 0.6 is 39.9 Å². The first-order valence-electron chi connectivity index (χ1n) is 8.24. The number of aliphatic carboxylic acids is 1. The second-order valence-electron chi connectivity index (χ2n) is 5.88. The third kappa shape index (κ3) is 4.34. The lowest BCUT2D eigenvalue weighted by Gasteiger charge is -2.27. The summed E-state index contributed by atoms with van der Waals surface area (Å²) < 4.78 is 6.98. The fraction of sp³-hybridized carbons (Fsp3) is 0.211. The van der Waals surface area contributed by atoms with Crippen LogP contribution in [0.5, 0.6) is 0 Å². The van der Waals surface area contributed by atoms with Crippen LogP contribution < -0.4 is 5.11 Å². The van der Waals surface area contributed by atoms with Gasteiger partial charge in [0.2, 0.25) is 0 Å². The van der Waals surface area contributed by atoms with Gasteiger partial charge in [-0.05, 0) is 30.7 Å². The third-order valence-electron chi connectivity index (χ3n) is 4.00. The molecule has 1 aliphatic heterocycles. The van der Waals surface area contributed by atoms with E-state index in [-0.39, 0.29) is 10.7 Å². The van der Waals surface area contributed by atoms with E-state index in [1.807, 2.05) is 37.3 Å². The summed E-state index contributed by atoms with van der Waals surface area (Å²) in [6, 6.07) is 10.2. The maximum atomic E-state index is 12.7. The number of rotatable bonds is 6. The predicted molar refractivity (Wildman–Crippen MR) is 111 cm³/mol. The van der Waals surface area contributed by atoms with Crippen molar-refractivity contribution in [3.8, 4) is 11.3 Å². The van der Waals surface area contributed by atoms with Crippen molar-refractivity contribution in [1.82, 2.24) is 4.90 Å². The highest BCUT2D eigenvalue weighted by Crippen LogP contribution is 2.35. The zero-order valence-corrected chi connectivity index (χ0v) is 17.5. The van der Waals surface area contributed by atoms with E-state index in [9.17, 15) is 14.7 Å². The molecular weight excluding hydrogens is 450 g/mol. The fourth-order valence-corrected chi connectivity index (χ4v) is 4.30. The number of benzene rings is 1. The number of thioether (sulfide) groups is 1. The van der Waals surface area contributed by atoms with E-state index in [2.05, 4.69) is 15.9 Å². The van der Waals surface area contributed by atoms with Crippen molar-refractivity contribution in [1.29, 1.82) is 0 Å². The zero-order chi connectivity index (χ0) is 19.6. The number of carboxylic acids is 1. The molecule has 2 heterocycles. The van der Waals surface area contributed by atoms with Gasteiger partial charge in [0.05, 0.1) is 16.9 Å². The molecule has 0 spiro atoms. The van der Waals surface area contributed by atoms with Crippen LogP contribution in [0.1, 0.15) is 25.5 Å². The summed E-state index contributed by atoms with van der Waals surface area (Å²) in [6.07, 6.45) is 2.47. The Balaban J connectivity index is 1.84. The molecule has 1 fully saturated rings. The fourth-order valence-electron chi connectivity index (χ4n) is 2.70. The Morgan fingerprint density at radius 3 is 2.67 bits per heavy atom. The van der Waals surface area contributed by atoms with Gasteiger partial charge in [-0.1, -0.05) is 65.4 Å². The van der Waals surface area contributed by atoms with Gasteiger partial charge in [0, 0.05) is 16.1 Å². The Morgan fingerprint density at radius 2 is 2.04 bits per heavy atom. The van der Waals surface area contributed by atoms with Crippen LogP contribution in [0, 0.1) is 0 Å². The summed E-state index contributed by atoms with van der Waals surface area (Å²) in [5.41, 5.74) is 0.908. The normalized spacial score (nSPS) is 17.0. The molecule has 5 nitrogen and oxygen atoms in total. The molecule has 27 heavy (non-hydrogen) atoms. The van der Waals surface area contributed by atoms with E-state index in [1.165, 1.54) is 0 Å². The van der Waals surface area contributed by atoms with E-state index in [4.69, 9.17) is 16.6 Å². The lowest BCUT2D eigenvalue weighted by Crippen LogP contribution is -2.49. The zero-order valence-electron chi connectivity index (χ0n) is 14.3. The summed E-state index contributed by atoms with van der Waals surface area (Å²) in [5, 5.41) is 11.4. The molecule has 140 valence electrons. The Morgan fingerprint density at radius 1 is 1.33 bits per heavy atom. The van der Waals surface area contributed by atoms with Crippen LogP contribution in [-0.2, 0) is 9.59 Å². The topological polar surface area (TPSA) is 73.6 Å². The van der Waals surface area contributed by atoms with Crippen LogP contribution in [0.2, 0.25) is 0 Å². The molecule has 2 aromatic rings. The molecule has 1 amide bonds. The lowest BCUT2D eigenvalue weighted by atomic mass is 10.1. The van der Waals surface area contributed by atoms with Gasteiger partial charge in [0.15, 0.2) is 0 Å². The summed E-state index contributed by atoms with van der Waals surface area (Å²) in [4.78, 5) is 25.5. The summed E-state index contributed by atoms with van der Waals surface area (Å²) >= 11 is 9.67. The van der Waals surface area contributed by atoms with Crippen molar-refractivity contribution in [2.45, 2.75) is 25.8 Å². The molecule has 8 heteroatoms. The van der Waals surface area contributed by atoms with Gasteiger partial charge in [-0.2, -0.15) is 0 Å². The van der Waals surface area contributed by atoms with Gasteiger partial charge in [-0.3, -0.25) is 9.69 Å². The maximum absolute atomic E-state index is 12.7. The van der Waals surface area contributed by atoms with Crippen molar-refractivity contribution in [2.24, 2.45) is 0 Å². The van der Waals surface area contributed by atoms with Gasteiger partial charge in [0.25, 0.3) is 5.91 Å². The molecule has 0 bridgehead atoms. The minimum atomic E-state index is -1.30. The summed E-state index contributed by atoms with van der Waals surface area (Å²) in [6.45, 7) is 1.84. The number of amides is 1. The lowest BCUT2D eigenvalue weighted by molar-refractivity contribution is -0.310. The van der Waals surface area contributed by atoms with Gasteiger partial charge < -0.3 is 14.3 Å². The SMILES string of the molecule is CCCC(C(=O)[O-])N1C(=O)C(=Cc2ccc(-c3ccc(Br)cc3)o2)SC1=S. The molecule has 1 unspecified atom stereocenters. The number of furan rings is 1. The Bertz CT molecular complexity index is 920. The van der Waals surface area contributed by atoms with E-state index in [0.717, 1.165) is 26.7 Å². The quantitative estimate of drug-likeness (QED) is 0.477. The Kier molecular flexibility index (Phi) is 6.18. The average Bonchev–Trinajstić information content (AvgIpc) is 3.19. The van der Waals surface area contributed by atoms with Crippen LogP contribution in [0.25, 0.3) is 17.4 Å². The predicted octanol–water partition coefficient (Wildman–Crippen LogP) is 3.83. The number of hydrogen-bond donors (Lipinski definition) is 0. The number of carbonyl (C=O) groups excluding carboxylic acids is 2. The highest BCUT2D eigenvalue weighted by atomic mass is 79.9. The monoisotopic (exact) mass is 464 g/mol. The van der Waals surface area contributed by atoms with Gasteiger partial charge >= 0.3 is 0 Å². The maximum Gasteiger partial charge on any atom is 0.266 e. The summed E-state index contributed by atoms with van der Waals surface area (Å²) in [7, 11) is 0. The van der Waals surface area contributed by atoms with Crippen molar-refractivity contribution >= 4 is 62.2 Å². The van der Waals surface area contributed by atoms with E-state index in [0.29, 0.717) is 22.8 Å². The molecule has 0 radical (unpaired) electrons. The highest BCUT2D eigenvalue weighted by molar-refractivity contribution is 9.10. The van der Waals surface area contributed by atoms with Crippen molar-refractivity contribution < 1.29 is 19.1 Å². The average molecular weight is 465 g/mol. The first kappa shape index (κ1) is 19.9. The largest absolute Gasteiger partial charge is 0.548 e. The first-order valence-corrected chi connectivity index (χ1v) is 10.3. The number of hydrogen-bond acceptors (Lipinski definition) is 6. The van der Waals surface area contributed by atoms with E-state index in [1.54, 1.807) is 12.1 Å². The van der Waals surface area contributed by atoms with Crippen LogP contribution in [0.15, 0.2) is 50.2 Å². The number of thiocarbonyl (C=S) groups is 1. The number of carbonyl (C=O) groups is 2.